The number of methoxy groups -OCH3 is 1. The van der Waals surface area contributed by atoms with Crippen molar-refractivity contribution in [3.8, 4) is 11.5 Å². The molecule has 38 heavy (non-hydrogen) atoms. The van der Waals surface area contributed by atoms with Gasteiger partial charge in [-0.25, -0.2) is 8.51 Å². The molecule has 2 aromatic carbocycles. The quantitative estimate of drug-likeness (QED) is 0.379. The Morgan fingerprint density at radius 1 is 1.11 bits per heavy atom. The van der Waals surface area contributed by atoms with E-state index in [9.17, 15) is 13.8 Å². The SMILES string of the molecule is CC.CCOc1ccccc1OC.CCc1cc(S(=O)N(C)C)c(C(=O)Nc2ccc3c(c2)CNC3=O)s1. The molecule has 1 aliphatic rings. The van der Waals surface area contributed by atoms with Gasteiger partial charge in [0.25, 0.3) is 11.8 Å². The summed E-state index contributed by atoms with van der Waals surface area (Å²) in [5.41, 5.74) is 2.12. The van der Waals surface area contributed by atoms with Gasteiger partial charge in [0.05, 0.1) is 18.6 Å². The zero-order valence-corrected chi connectivity index (χ0v) is 24.7. The van der Waals surface area contributed by atoms with Crippen LogP contribution in [0.15, 0.2) is 53.4 Å². The number of thiophene rings is 1. The highest BCUT2D eigenvalue weighted by molar-refractivity contribution is 7.83. The lowest BCUT2D eigenvalue weighted by Crippen LogP contribution is -2.19. The summed E-state index contributed by atoms with van der Waals surface area (Å²) in [6.07, 6.45) is 0.780. The molecule has 8 nitrogen and oxygen atoms in total. The van der Waals surface area contributed by atoms with Gasteiger partial charge < -0.3 is 20.1 Å². The summed E-state index contributed by atoms with van der Waals surface area (Å²) in [5, 5.41) is 5.60. The van der Waals surface area contributed by atoms with Gasteiger partial charge in [-0.15, -0.1) is 11.3 Å². The van der Waals surface area contributed by atoms with Gasteiger partial charge in [-0.3, -0.25) is 9.59 Å². The molecule has 2 N–H and O–H groups in total. The fraction of sp³-hybridized carbons (Fsp3) is 0.357. The van der Waals surface area contributed by atoms with Crippen molar-refractivity contribution in [2.75, 3.05) is 33.1 Å². The van der Waals surface area contributed by atoms with Crippen molar-refractivity contribution in [2.24, 2.45) is 0 Å². The number of anilines is 1. The van der Waals surface area contributed by atoms with Crippen LogP contribution in [0, 0.1) is 0 Å². The molecule has 4 rings (SSSR count). The third-order valence-electron chi connectivity index (χ3n) is 5.24. The molecule has 0 radical (unpaired) electrons. The van der Waals surface area contributed by atoms with Crippen LogP contribution in [-0.4, -0.2) is 48.1 Å². The Labute approximate surface area is 231 Å². The number of para-hydroxylation sites is 2. The summed E-state index contributed by atoms with van der Waals surface area (Å²) < 4.78 is 24.4. The van der Waals surface area contributed by atoms with Crippen LogP contribution >= 0.6 is 11.3 Å². The summed E-state index contributed by atoms with van der Waals surface area (Å²) in [7, 11) is 3.68. The third kappa shape index (κ3) is 7.89. The average molecular weight is 560 g/mol. The fourth-order valence-electron chi connectivity index (χ4n) is 3.47. The molecule has 2 amide bonds. The van der Waals surface area contributed by atoms with Crippen molar-refractivity contribution in [2.45, 2.75) is 45.6 Å². The van der Waals surface area contributed by atoms with Gasteiger partial charge in [0.1, 0.15) is 15.9 Å². The monoisotopic (exact) mass is 559 g/mol. The van der Waals surface area contributed by atoms with Crippen LogP contribution in [-0.2, 0) is 24.0 Å². The van der Waals surface area contributed by atoms with Gasteiger partial charge in [0, 0.05) is 22.7 Å². The van der Waals surface area contributed by atoms with E-state index in [-0.39, 0.29) is 11.8 Å². The van der Waals surface area contributed by atoms with Gasteiger partial charge in [-0.1, -0.05) is 32.9 Å². The molecule has 0 aliphatic carbocycles. The summed E-state index contributed by atoms with van der Waals surface area (Å²) in [6, 6.07) is 14.7. The van der Waals surface area contributed by atoms with Crippen LogP contribution in [0.4, 0.5) is 5.69 Å². The van der Waals surface area contributed by atoms with Gasteiger partial charge >= 0.3 is 0 Å². The number of fused-ring (bicyclic) bond motifs is 1. The smallest absolute Gasteiger partial charge is 0.267 e. The molecule has 1 aliphatic heterocycles. The summed E-state index contributed by atoms with van der Waals surface area (Å²) >= 11 is 1.36. The third-order valence-corrected chi connectivity index (χ3v) is 8.01. The predicted molar refractivity (Wildman–Crippen MR) is 155 cm³/mol. The van der Waals surface area contributed by atoms with Gasteiger partial charge in [0.15, 0.2) is 11.5 Å². The van der Waals surface area contributed by atoms with Crippen molar-refractivity contribution in [1.82, 2.24) is 9.62 Å². The second kappa shape index (κ2) is 15.3. The maximum absolute atomic E-state index is 12.7. The Balaban J connectivity index is 0.000000327. The van der Waals surface area contributed by atoms with Crippen molar-refractivity contribution in [3.63, 3.8) is 0 Å². The number of carbonyl (C=O) groups is 2. The number of hydrogen-bond acceptors (Lipinski definition) is 6. The molecule has 10 heteroatoms. The van der Waals surface area contributed by atoms with Crippen LogP contribution < -0.4 is 20.1 Å². The minimum Gasteiger partial charge on any atom is -0.493 e. The van der Waals surface area contributed by atoms with Crippen molar-refractivity contribution < 1.29 is 23.3 Å². The number of rotatable bonds is 8. The topological polar surface area (TPSA) is 97.0 Å². The Kier molecular flexibility index (Phi) is 12.5. The number of aryl methyl sites for hydroxylation is 1. The number of ether oxygens (including phenoxy) is 2. The molecule has 1 aromatic heterocycles. The summed E-state index contributed by atoms with van der Waals surface area (Å²) in [4.78, 5) is 26.3. The van der Waals surface area contributed by atoms with Gasteiger partial charge in [-0.05, 0) is 69.4 Å². The Morgan fingerprint density at radius 3 is 2.39 bits per heavy atom. The first-order valence-corrected chi connectivity index (χ1v) is 14.4. The molecule has 3 aromatic rings. The highest BCUT2D eigenvalue weighted by atomic mass is 32.2. The highest BCUT2D eigenvalue weighted by Crippen LogP contribution is 2.29. The van der Waals surface area contributed by atoms with Crippen molar-refractivity contribution >= 4 is 39.8 Å². The van der Waals surface area contributed by atoms with E-state index in [4.69, 9.17) is 9.47 Å². The zero-order chi connectivity index (χ0) is 28.2. The van der Waals surface area contributed by atoms with Crippen LogP contribution in [0.5, 0.6) is 11.5 Å². The highest BCUT2D eigenvalue weighted by Gasteiger charge is 2.23. The van der Waals surface area contributed by atoms with Crippen LogP contribution in [0.3, 0.4) is 0 Å². The zero-order valence-electron chi connectivity index (χ0n) is 23.0. The maximum Gasteiger partial charge on any atom is 0.267 e. The second-order valence-corrected chi connectivity index (χ2v) is 10.7. The molecular formula is C28H37N3O5S2. The standard InChI is InChI=1S/C17H19N3O3S2.C9H12O2.C2H6/c1-4-12-8-14(25(23)20(2)3)15(24-12)17(22)19-11-5-6-13-10(7-11)9-18-16(13)21;1-3-11-9-7-5-4-6-8(9)10-2;1-2/h5-8H,4,9H2,1-3H3,(H,18,21)(H,19,22);4-7H,3H2,1-2H3;1-2H3. The van der Waals surface area contributed by atoms with E-state index >= 15 is 0 Å². The van der Waals surface area contributed by atoms with E-state index in [1.165, 1.54) is 11.3 Å². The molecule has 1 unspecified atom stereocenters. The maximum atomic E-state index is 12.7. The van der Waals surface area contributed by atoms with Crippen LogP contribution in [0.25, 0.3) is 0 Å². The molecule has 0 bridgehead atoms. The first kappa shape index (κ1) is 31.0. The molecular weight excluding hydrogens is 522 g/mol. The Hall–Kier alpha value is -3.21. The Bertz CT molecular complexity index is 1260. The number of hydrogen-bond donors (Lipinski definition) is 2. The van der Waals surface area contributed by atoms with E-state index < -0.39 is 11.0 Å². The van der Waals surface area contributed by atoms with Crippen molar-refractivity contribution in [3.05, 3.63) is 69.4 Å². The minimum atomic E-state index is -1.38. The first-order chi connectivity index (χ1) is 18.3. The van der Waals surface area contributed by atoms with Gasteiger partial charge in [-0.2, -0.15) is 0 Å². The number of nitrogens with zero attached hydrogens (tertiary/aromatic N) is 1. The predicted octanol–water partition coefficient (Wildman–Crippen LogP) is 5.51. The minimum absolute atomic E-state index is 0.0950. The van der Waals surface area contributed by atoms with E-state index in [0.29, 0.717) is 34.2 Å². The average Bonchev–Trinajstić information content (AvgIpc) is 3.54. The Morgan fingerprint density at radius 2 is 1.79 bits per heavy atom. The normalized spacial score (nSPS) is 12.3. The number of nitrogens with one attached hydrogen (secondary N) is 2. The van der Waals surface area contributed by atoms with Crippen LogP contribution in [0.1, 0.15) is 58.2 Å². The fourth-order valence-corrected chi connectivity index (χ4v) is 5.66. The second-order valence-electron chi connectivity index (χ2n) is 7.91. The number of carbonyl (C=O) groups excluding carboxylic acids is 2. The molecule has 2 heterocycles. The lowest BCUT2D eigenvalue weighted by Gasteiger charge is -2.10. The molecule has 0 fully saturated rings. The van der Waals surface area contributed by atoms with Crippen molar-refractivity contribution in [1.29, 1.82) is 0 Å². The van der Waals surface area contributed by atoms with E-state index in [2.05, 4.69) is 10.6 Å². The first-order valence-electron chi connectivity index (χ1n) is 12.5. The number of benzene rings is 2. The lowest BCUT2D eigenvalue weighted by molar-refractivity contribution is 0.0965. The van der Waals surface area contributed by atoms with Gasteiger partial charge in [0.2, 0.25) is 0 Å². The number of amides is 2. The van der Waals surface area contributed by atoms with E-state index in [1.54, 1.807) is 43.7 Å². The molecule has 206 valence electrons. The summed E-state index contributed by atoms with van der Waals surface area (Å²) in [5.74, 6) is 1.21. The molecule has 0 saturated carbocycles. The van der Waals surface area contributed by atoms with E-state index in [1.807, 2.05) is 58.0 Å². The van der Waals surface area contributed by atoms with Crippen LogP contribution in [0.2, 0.25) is 0 Å². The summed E-state index contributed by atoms with van der Waals surface area (Å²) in [6.45, 7) is 9.08. The van der Waals surface area contributed by atoms with E-state index in [0.717, 1.165) is 28.4 Å². The molecule has 0 saturated heterocycles. The lowest BCUT2D eigenvalue weighted by atomic mass is 10.1. The molecule has 1 atom stereocenters. The largest absolute Gasteiger partial charge is 0.493 e. The molecule has 0 spiro atoms.